The second kappa shape index (κ2) is 4.09. The molecule has 2 rings (SSSR count). The molecule has 0 atom stereocenters. The minimum absolute atomic E-state index is 0.243. The highest BCUT2D eigenvalue weighted by Crippen LogP contribution is 2.20. The number of rotatable bonds is 2. The van der Waals surface area contributed by atoms with Crippen LogP contribution in [0, 0.1) is 6.92 Å². The van der Waals surface area contributed by atoms with E-state index in [9.17, 15) is 4.79 Å². The van der Waals surface area contributed by atoms with E-state index in [1.54, 1.807) is 22.9 Å². The van der Waals surface area contributed by atoms with Crippen molar-refractivity contribution in [1.29, 1.82) is 0 Å². The van der Waals surface area contributed by atoms with Crippen molar-refractivity contribution in [2.24, 2.45) is 0 Å². The third-order valence-corrected chi connectivity index (χ3v) is 2.83. The van der Waals surface area contributed by atoms with Crippen LogP contribution in [0.5, 0.6) is 0 Å². The molecule has 0 saturated heterocycles. The van der Waals surface area contributed by atoms with Crippen LogP contribution in [0.4, 0.5) is 0 Å². The Balaban J connectivity index is 2.45. The maximum Gasteiger partial charge on any atom is 0.336 e. The fraction of sp³-hybridized carbons (Fsp3) is 0.0909. The van der Waals surface area contributed by atoms with Crippen molar-refractivity contribution in [2.75, 3.05) is 0 Å². The van der Waals surface area contributed by atoms with E-state index in [-0.39, 0.29) is 5.56 Å². The fourth-order valence-electron chi connectivity index (χ4n) is 1.38. The van der Waals surface area contributed by atoms with Gasteiger partial charge in [-0.15, -0.1) is 0 Å². The van der Waals surface area contributed by atoms with Gasteiger partial charge in [-0.1, -0.05) is 0 Å². The average Bonchev–Trinajstić information content (AvgIpc) is 2.64. The first-order chi connectivity index (χ1) is 7.58. The summed E-state index contributed by atoms with van der Waals surface area (Å²) < 4.78 is 2.25. The van der Waals surface area contributed by atoms with Crippen LogP contribution in [-0.4, -0.2) is 20.9 Å². The van der Waals surface area contributed by atoms with Crippen LogP contribution in [0.3, 0.4) is 0 Å². The highest BCUT2D eigenvalue weighted by molar-refractivity contribution is 9.10. The van der Waals surface area contributed by atoms with Crippen LogP contribution in [0.2, 0.25) is 0 Å². The molecule has 16 heavy (non-hydrogen) atoms. The van der Waals surface area contributed by atoms with Gasteiger partial charge in [0.15, 0.2) is 0 Å². The number of aromatic nitrogens is 2. The van der Waals surface area contributed by atoms with Crippen LogP contribution >= 0.6 is 15.9 Å². The van der Waals surface area contributed by atoms with Gasteiger partial charge in [0, 0.05) is 10.7 Å². The predicted molar refractivity (Wildman–Crippen MR) is 63.0 cm³/mol. The molecule has 1 heterocycles. The molecule has 1 N–H and O–H groups in total. The van der Waals surface area contributed by atoms with E-state index in [1.807, 2.05) is 19.2 Å². The van der Waals surface area contributed by atoms with Gasteiger partial charge in [0.1, 0.15) is 0 Å². The normalized spacial score (nSPS) is 10.4. The lowest BCUT2D eigenvalue weighted by molar-refractivity contribution is 0.0696. The first kappa shape index (κ1) is 10.9. The minimum atomic E-state index is -0.949. The van der Waals surface area contributed by atoms with Crippen molar-refractivity contribution in [3.63, 3.8) is 0 Å². The molecule has 1 aromatic carbocycles. The molecule has 0 fully saturated rings. The third-order valence-electron chi connectivity index (χ3n) is 2.17. The molecule has 0 saturated carbocycles. The van der Waals surface area contributed by atoms with Crippen molar-refractivity contribution < 1.29 is 9.90 Å². The zero-order valence-electron chi connectivity index (χ0n) is 8.51. The molecule has 5 heteroatoms. The smallest absolute Gasteiger partial charge is 0.336 e. The van der Waals surface area contributed by atoms with Gasteiger partial charge in [0.25, 0.3) is 0 Å². The number of halogens is 1. The third kappa shape index (κ3) is 1.99. The lowest BCUT2D eigenvalue weighted by Gasteiger charge is -2.04. The Hall–Kier alpha value is -1.62. The number of nitrogens with zero attached hydrogens (tertiary/aromatic N) is 2. The Morgan fingerprint density at radius 3 is 2.69 bits per heavy atom. The van der Waals surface area contributed by atoms with Gasteiger partial charge in [0.2, 0.25) is 0 Å². The highest BCUT2D eigenvalue weighted by atomic mass is 79.9. The van der Waals surface area contributed by atoms with E-state index in [2.05, 4.69) is 21.0 Å². The second-order valence-electron chi connectivity index (χ2n) is 3.37. The number of carbonyl (C=O) groups is 1. The molecule has 0 unspecified atom stereocenters. The summed E-state index contributed by atoms with van der Waals surface area (Å²) in [5, 5.41) is 13.1. The van der Waals surface area contributed by atoms with Crippen molar-refractivity contribution in [3.8, 4) is 5.69 Å². The van der Waals surface area contributed by atoms with E-state index in [1.165, 1.54) is 0 Å². The summed E-state index contributed by atoms with van der Waals surface area (Å²) in [5.74, 6) is -0.949. The number of carboxylic acid groups (broad SMARTS) is 1. The van der Waals surface area contributed by atoms with Gasteiger partial charge in [-0.3, -0.25) is 0 Å². The molecular weight excluding hydrogens is 272 g/mol. The molecule has 1 aromatic heterocycles. The summed E-state index contributed by atoms with van der Waals surface area (Å²) in [6.07, 6.45) is 1.83. The molecule has 82 valence electrons. The van der Waals surface area contributed by atoms with Gasteiger partial charge in [-0.05, 0) is 47.1 Å². The summed E-state index contributed by atoms with van der Waals surface area (Å²) in [4.78, 5) is 10.8. The quantitative estimate of drug-likeness (QED) is 0.920. The molecule has 2 aromatic rings. The Kier molecular flexibility index (Phi) is 2.78. The molecular formula is C11H9BrN2O2. The predicted octanol–water partition coefficient (Wildman–Crippen LogP) is 2.64. The van der Waals surface area contributed by atoms with Crippen molar-refractivity contribution in [3.05, 3.63) is 46.2 Å². The first-order valence-corrected chi connectivity index (χ1v) is 5.43. The lowest BCUT2D eigenvalue weighted by Crippen LogP contribution is -2.00. The van der Waals surface area contributed by atoms with E-state index < -0.39 is 5.97 Å². The van der Waals surface area contributed by atoms with Gasteiger partial charge in [0.05, 0.1) is 16.9 Å². The summed E-state index contributed by atoms with van der Waals surface area (Å²) in [5.41, 5.74) is 1.98. The number of carboxylic acids is 1. The van der Waals surface area contributed by atoms with Gasteiger partial charge in [-0.25, -0.2) is 9.48 Å². The number of benzene rings is 1. The standard InChI is InChI=1S/C11H9BrN2O2/c1-7-4-5-14(13-7)8-2-3-9(11(15)16)10(12)6-8/h2-6H,1H3,(H,15,16). The van der Waals surface area contributed by atoms with Gasteiger partial charge in [-0.2, -0.15) is 5.10 Å². The summed E-state index contributed by atoms with van der Waals surface area (Å²) in [7, 11) is 0. The SMILES string of the molecule is Cc1ccn(-c2ccc(C(=O)O)c(Br)c2)n1. The molecule has 0 aliphatic heterocycles. The van der Waals surface area contributed by atoms with Crippen molar-refractivity contribution in [2.45, 2.75) is 6.92 Å². The largest absolute Gasteiger partial charge is 0.478 e. The number of aryl methyl sites for hydroxylation is 1. The zero-order valence-corrected chi connectivity index (χ0v) is 10.1. The minimum Gasteiger partial charge on any atom is -0.478 e. The van der Waals surface area contributed by atoms with Crippen LogP contribution in [0.25, 0.3) is 5.69 Å². The van der Waals surface area contributed by atoms with Crippen LogP contribution in [0.1, 0.15) is 16.1 Å². The molecule has 4 nitrogen and oxygen atoms in total. The van der Waals surface area contributed by atoms with E-state index in [0.29, 0.717) is 4.47 Å². The maximum atomic E-state index is 10.8. The topological polar surface area (TPSA) is 55.1 Å². The Bertz CT molecular complexity index is 549. The molecule has 0 aliphatic carbocycles. The molecule has 0 bridgehead atoms. The lowest BCUT2D eigenvalue weighted by atomic mass is 10.2. The molecule has 0 radical (unpaired) electrons. The Morgan fingerprint density at radius 1 is 1.44 bits per heavy atom. The summed E-state index contributed by atoms with van der Waals surface area (Å²) >= 11 is 3.23. The van der Waals surface area contributed by atoms with E-state index in [0.717, 1.165) is 11.4 Å². The van der Waals surface area contributed by atoms with Crippen LogP contribution < -0.4 is 0 Å². The molecule has 0 aliphatic rings. The highest BCUT2D eigenvalue weighted by Gasteiger charge is 2.09. The Labute approximate surface area is 101 Å². The summed E-state index contributed by atoms with van der Waals surface area (Å²) in [6.45, 7) is 1.90. The average molecular weight is 281 g/mol. The van der Waals surface area contributed by atoms with Crippen molar-refractivity contribution in [1.82, 2.24) is 9.78 Å². The van der Waals surface area contributed by atoms with Crippen molar-refractivity contribution >= 4 is 21.9 Å². The Morgan fingerprint density at radius 2 is 2.19 bits per heavy atom. The number of hydrogen-bond donors (Lipinski definition) is 1. The van der Waals surface area contributed by atoms with Crippen LogP contribution in [0.15, 0.2) is 34.9 Å². The maximum absolute atomic E-state index is 10.8. The zero-order chi connectivity index (χ0) is 11.7. The van der Waals surface area contributed by atoms with E-state index in [4.69, 9.17) is 5.11 Å². The monoisotopic (exact) mass is 280 g/mol. The summed E-state index contributed by atoms with van der Waals surface area (Å²) in [6, 6.07) is 6.90. The molecule has 0 spiro atoms. The van der Waals surface area contributed by atoms with Crippen LogP contribution in [-0.2, 0) is 0 Å². The first-order valence-electron chi connectivity index (χ1n) is 4.63. The van der Waals surface area contributed by atoms with Gasteiger partial charge >= 0.3 is 5.97 Å². The van der Waals surface area contributed by atoms with Gasteiger partial charge < -0.3 is 5.11 Å². The second-order valence-corrected chi connectivity index (χ2v) is 4.23. The number of aromatic carboxylic acids is 1. The fourth-order valence-corrected chi connectivity index (χ4v) is 1.92. The van der Waals surface area contributed by atoms with E-state index >= 15 is 0 Å². The number of hydrogen-bond acceptors (Lipinski definition) is 2. The molecule has 0 amide bonds.